The lowest BCUT2D eigenvalue weighted by molar-refractivity contribution is 0.483. The van der Waals surface area contributed by atoms with Gasteiger partial charge in [0.1, 0.15) is 4.90 Å². The molecule has 0 saturated heterocycles. The molecule has 18 heavy (non-hydrogen) atoms. The van der Waals surface area contributed by atoms with E-state index in [2.05, 4.69) is 4.99 Å². The highest BCUT2D eigenvalue weighted by Crippen LogP contribution is 2.23. The normalized spacial score (nSPS) is 11.8. The van der Waals surface area contributed by atoms with Crippen molar-refractivity contribution in [2.24, 2.45) is 4.99 Å². The molecule has 0 aromatic heterocycles. The minimum atomic E-state index is -4.25. The van der Waals surface area contributed by atoms with E-state index >= 15 is 0 Å². The molecule has 2 aromatic carbocycles. The lowest BCUT2D eigenvalue weighted by atomic mass is 10.2. The monoisotopic (exact) mass is 261 g/mol. The zero-order chi connectivity index (χ0) is 13.0. The Balaban J connectivity index is 2.39. The van der Waals surface area contributed by atoms with E-state index in [4.69, 9.17) is 4.55 Å². The van der Waals surface area contributed by atoms with Crippen LogP contribution in [0.15, 0.2) is 64.5 Å². The Kier molecular flexibility index (Phi) is 3.55. The van der Waals surface area contributed by atoms with Crippen molar-refractivity contribution < 1.29 is 13.0 Å². The van der Waals surface area contributed by atoms with Crippen molar-refractivity contribution in [2.75, 3.05) is 0 Å². The summed E-state index contributed by atoms with van der Waals surface area (Å²) in [5, 5.41) is 0. The molecular formula is C13H11NO3S. The Hall–Kier alpha value is -1.98. The SMILES string of the molecule is O=S(=O)(O)c1ccccc1N=Cc1ccccc1. The second kappa shape index (κ2) is 5.12. The average molecular weight is 261 g/mol. The van der Waals surface area contributed by atoms with Crippen molar-refractivity contribution in [2.45, 2.75) is 4.90 Å². The second-order valence-corrected chi connectivity index (χ2v) is 5.00. The van der Waals surface area contributed by atoms with Crippen LogP contribution in [0.2, 0.25) is 0 Å². The van der Waals surface area contributed by atoms with E-state index in [1.807, 2.05) is 30.3 Å². The van der Waals surface area contributed by atoms with Gasteiger partial charge in [0, 0.05) is 6.21 Å². The maximum atomic E-state index is 11.1. The van der Waals surface area contributed by atoms with Crippen molar-refractivity contribution in [3.8, 4) is 0 Å². The lowest BCUT2D eigenvalue weighted by Gasteiger charge is -2.01. The molecule has 0 aliphatic carbocycles. The number of aliphatic imine (C=N–C) groups is 1. The molecule has 0 spiro atoms. The molecule has 0 radical (unpaired) electrons. The van der Waals surface area contributed by atoms with Crippen LogP contribution in [-0.2, 0) is 10.1 Å². The van der Waals surface area contributed by atoms with Crippen LogP contribution in [0.1, 0.15) is 5.56 Å². The summed E-state index contributed by atoms with van der Waals surface area (Å²) in [4.78, 5) is 3.88. The number of rotatable bonds is 3. The van der Waals surface area contributed by atoms with Gasteiger partial charge in [-0.25, -0.2) is 0 Å². The Bertz CT molecular complexity index is 664. The fourth-order valence-corrected chi connectivity index (χ4v) is 2.10. The van der Waals surface area contributed by atoms with Gasteiger partial charge in [-0.15, -0.1) is 0 Å². The maximum Gasteiger partial charge on any atom is 0.296 e. The molecular weight excluding hydrogens is 250 g/mol. The molecule has 0 unspecified atom stereocenters. The number of benzene rings is 2. The zero-order valence-corrected chi connectivity index (χ0v) is 10.2. The molecule has 0 bridgehead atoms. The van der Waals surface area contributed by atoms with Crippen LogP contribution in [0.4, 0.5) is 5.69 Å². The summed E-state index contributed by atoms with van der Waals surface area (Å²) in [5.41, 5.74) is 1.06. The first kappa shape index (κ1) is 12.5. The third-order valence-electron chi connectivity index (χ3n) is 2.30. The van der Waals surface area contributed by atoms with Crippen molar-refractivity contribution in [3.63, 3.8) is 0 Å². The molecule has 4 nitrogen and oxygen atoms in total. The molecule has 2 aromatic rings. The zero-order valence-electron chi connectivity index (χ0n) is 9.39. The second-order valence-electron chi connectivity index (χ2n) is 3.61. The summed E-state index contributed by atoms with van der Waals surface area (Å²) in [6.07, 6.45) is 1.55. The molecule has 92 valence electrons. The van der Waals surface area contributed by atoms with Crippen molar-refractivity contribution in [3.05, 3.63) is 60.2 Å². The molecule has 0 atom stereocenters. The van der Waals surface area contributed by atoms with Gasteiger partial charge in [0.25, 0.3) is 10.1 Å². The van der Waals surface area contributed by atoms with E-state index in [9.17, 15) is 8.42 Å². The first-order valence-corrected chi connectivity index (χ1v) is 6.67. The summed E-state index contributed by atoms with van der Waals surface area (Å²) in [6, 6.07) is 15.3. The Morgan fingerprint density at radius 1 is 0.944 bits per heavy atom. The van der Waals surface area contributed by atoms with E-state index in [0.29, 0.717) is 0 Å². The van der Waals surface area contributed by atoms with E-state index < -0.39 is 10.1 Å². The van der Waals surface area contributed by atoms with Crippen molar-refractivity contribution in [1.29, 1.82) is 0 Å². The first-order valence-electron chi connectivity index (χ1n) is 5.23. The van der Waals surface area contributed by atoms with Gasteiger partial charge in [-0.1, -0.05) is 42.5 Å². The van der Waals surface area contributed by atoms with Crippen molar-refractivity contribution >= 4 is 22.0 Å². The third kappa shape index (κ3) is 3.03. The summed E-state index contributed by atoms with van der Waals surface area (Å²) in [7, 11) is -4.25. The predicted octanol–water partition coefficient (Wildman–Crippen LogP) is 2.68. The van der Waals surface area contributed by atoms with Crippen LogP contribution < -0.4 is 0 Å². The first-order chi connectivity index (χ1) is 8.57. The van der Waals surface area contributed by atoms with Crippen LogP contribution in [0.3, 0.4) is 0 Å². The highest BCUT2D eigenvalue weighted by atomic mass is 32.2. The van der Waals surface area contributed by atoms with Gasteiger partial charge in [-0.3, -0.25) is 9.55 Å². The fraction of sp³-hybridized carbons (Fsp3) is 0. The highest BCUT2D eigenvalue weighted by Gasteiger charge is 2.13. The van der Waals surface area contributed by atoms with Crippen LogP contribution in [-0.4, -0.2) is 19.2 Å². The Morgan fingerprint density at radius 3 is 2.22 bits per heavy atom. The van der Waals surface area contributed by atoms with Gasteiger partial charge in [0.2, 0.25) is 0 Å². The van der Waals surface area contributed by atoms with Gasteiger partial charge in [0.05, 0.1) is 5.69 Å². The summed E-state index contributed by atoms with van der Waals surface area (Å²) >= 11 is 0. The van der Waals surface area contributed by atoms with Crippen LogP contribution in [0, 0.1) is 0 Å². The fourth-order valence-electron chi connectivity index (χ4n) is 1.47. The number of para-hydroxylation sites is 1. The largest absolute Gasteiger partial charge is 0.296 e. The summed E-state index contributed by atoms with van der Waals surface area (Å²) < 4.78 is 31.4. The van der Waals surface area contributed by atoms with Gasteiger partial charge in [-0.2, -0.15) is 8.42 Å². The topological polar surface area (TPSA) is 66.7 Å². The molecule has 5 heteroatoms. The van der Waals surface area contributed by atoms with Gasteiger partial charge in [-0.05, 0) is 17.7 Å². The van der Waals surface area contributed by atoms with Crippen molar-refractivity contribution in [1.82, 2.24) is 0 Å². The Morgan fingerprint density at radius 2 is 1.56 bits per heavy atom. The third-order valence-corrected chi connectivity index (χ3v) is 3.20. The van der Waals surface area contributed by atoms with E-state index in [1.54, 1.807) is 12.3 Å². The van der Waals surface area contributed by atoms with Gasteiger partial charge in [0.15, 0.2) is 0 Å². The molecule has 0 amide bonds. The van der Waals surface area contributed by atoms with E-state index in [-0.39, 0.29) is 10.6 Å². The van der Waals surface area contributed by atoms with Crippen LogP contribution in [0.5, 0.6) is 0 Å². The lowest BCUT2D eigenvalue weighted by Crippen LogP contribution is -1.98. The molecule has 0 aliphatic heterocycles. The van der Waals surface area contributed by atoms with Gasteiger partial charge >= 0.3 is 0 Å². The minimum absolute atomic E-state index is 0.197. The standard InChI is InChI=1S/C13H11NO3S/c15-18(16,17)13-9-5-4-8-12(13)14-10-11-6-2-1-3-7-11/h1-10H,(H,15,16,17). The highest BCUT2D eigenvalue weighted by molar-refractivity contribution is 7.86. The van der Waals surface area contributed by atoms with E-state index in [1.165, 1.54) is 18.2 Å². The minimum Gasteiger partial charge on any atom is -0.282 e. The molecule has 0 aliphatic rings. The molecule has 0 heterocycles. The number of hydrogen-bond acceptors (Lipinski definition) is 3. The summed E-state index contributed by atoms with van der Waals surface area (Å²) in [6.45, 7) is 0. The van der Waals surface area contributed by atoms with E-state index in [0.717, 1.165) is 5.56 Å². The number of hydrogen-bond donors (Lipinski definition) is 1. The summed E-state index contributed by atoms with van der Waals surface area (Å²) in [5.74, 6) is 0. The smallest absolute Gasteiger partial charge is 0.282 e. The molecule has 2 rings (SSSR count). The Labute approximate surface area is 105 Å². The number of nitrogens with zero attached hydrogens (tertiary/aromatic N) is 1. The molecule has 0 saturated carbocycles. The van der Waals surface area contributed by atoms with Crippen LogP contribution >= 0.6 is 0 Å². The molecule has 1 N–H and O–H groups in total. The van der Waals surface area contributed by atoms with Gasteiger partial charge < -0.3 is 0 Å². The quantitative estimate of drug-likeness (QED) is 0.682. The maximum absolute atomic E-state index is 11.1. The predicted molar refractivity (Wildman–Crippen MR) is 70.0 cm³/mol. The molecule has 0 fully saturated rings. The average Bonchev–Trinajstić information content (AvgIpc) is 2.37. The van der Waals surface area contributed by atoms with Crippen LogP contribution in [0.25, 0.3) is 0 Å².